The fraction of sp³-hybridized carbons (Fsp3) is 1.00. The fourth-order valence-electron chi connectivity index (χ4n) is 2.44. The van der Waals surface area contributed by atoms with Gasteiger partial charge in [0.2, 0.25) is 10.0 Å². The van der Waals surface area contributed by atoms with Gasteiger partial charge in [-0.1, -0.05) is 27.2 Å². The van der Waals surface area contributed by atoms with Crippen molar-refractivity contribution >= 4 is 10.0 Å². The average molecular weight is 231 g/mol. The van der Waals surface area contributed by atoms with Crippen molar-refractivity contribution in [3.8, 4) is 0 Å². The number of fused-ring (bicyclic) bond motifs is 1. The lowest BCUT2D eigenvalue weighted by Crippen LogP contribution is -2.23. The van der Waals surface area contributed by atoms with Crippen molar-refractivity contribution in [2.24, 2.45) is 5.41 Å². The van der Waals surface area contributed by atoms with Crippen LogP contribution in [0.15, 0.2) is 0 Å². The van der Waals surface area contributed by atoms with Crippen LogP contribution < -0.4 is 0 Å². The van der Waals surface area contributed by atoms with Gasteiger partial charge in [-0.25, -0.2) is 8.42 Å². The Morgan fingerprint density at radius 2 is 1.73 bits per heavy atom. The first-order valence-electron chi connectivity index (χ1n) is 5.82. The van der Waals surface area contributed by atoms with Crippen molar-refractivity contribution in [2.45, 2.75) is 58.5 Å². The average Bonchev–Trinajstić information content (AvgIpc) is 2.60. The number of hydrogen-bond donors (Lipinski definition) is 0. The van der Waals surface area contributed by atoms with Gasteiger partial charge in [-0.3, -0.25) is 0 Å². The lowest BCUT2D eigenvalue weighted by atomic mass is 9.94. The molecule has 3 atom stereocenters. The summed E-state index contributed by atoms with van der Waals surface area (Å²) in [6.45, 7) is 6.27. The Labute approximate surface area is 92.9 Å². The molecule has 4 heteroatoms. The molecular formula is C11H21NO2S. The maximum Gasteiger partial charge on any atom is 0.214 e. The molecule has 1 saturated heterocycles. The minimum absolute atomic E-state index is 0.109. The zero-order valence-corrected chi connectivity index (χ0v) is 10.7. The lowest BCUT2D eigenvalue weighted by Gasteiger charge is -2.18. The van der Waals surface area contributed by atoms with Crippen LogP contribution in [0.25, 0.3) is 0 Å². The molecule has 0 aromatic heterocycles. The molecule has 1 heterocycles. The Morgan fingerprint density at radius 1 is 1.20 bits per heavy atom. The summed E-state index contributed by atoms with van der Waals surface area (Å²) in [6.07, 6.45) is 4.13. The van der Waals surface area contributed by atoms with Crippen molar-refractivity contribution in [3.05, 3.63) is 0 Å². The Hall–Kier alpha value is -0.0900. The van der Waals surface area contributed by atoms with Gasteiger partial charge < -0.3 is 0 Å². The van der Waals surface area contributed by atoms with E-state index >= 15 is 0 Å². The highest BCUT2D eigenvalue weighted by molar-refractivity contribution is 7.89. The molecule has 0 aromatic carbocycles. The maximum atomic E-state index is 12.0. The minimum atomic E-state index is -2.95. The van der Waals surface area contributed by atoms with E-state index in [1.807, 2.05) is 0 Å². The van der Waals surface area contributed by atoms with Crippen LogP contribution in [-0.4, -0.2) is 30.6 Å². The van der Waals surface area contributed by atoms with Crippen LogP contribution in [0.3, 0.4) is 0 Å². The third-order valence-corrected chi connectivity index (χ3v) is 5.34. The molecule has 0 amide bonds. The van der Waals surface area contributed by atoms with E-state index in [0.717, 1.165) is 19.3 Å². The number of rotatable bonds is 3. The summed E-state index contributed by atoms with van der Waals surface area (Å²) in [5.74, 6) is 0.323. The third kappa shape index (κ3) is 2.36. The van der Waals surface area contributed by atoms with Crippen LogP contribution in [0.5, 0.6) is 0 Å². The first-order valence-corrected chi connectivity index (χ1v) is 7.43. The molecule has 0 radical (unpaired) electrons. The van der Waals surface area contributed by atoms with E-state index in [1.165, 1.54) is 6.42 Å². The maximum absolute atomic E-state index is 12.0. The van der Waals surface area contributed by atoms with Crippen molar-refractivity contribution in [3.63, 3.8) is 0 Å². The monoisotopic (exact) mass is 231 g/mol. The molecule has 1 saturated carbocycles. The quantitative estimate of drug-likeness (QED) is 0.697. The Morgan fingerprint density at radius 3 is 2.20 bits per heavy atom. The van der Waals surface area contributed by atoms with Gasteiger partial charge in [-0.15, -0.1) is 0 Å². The summed E-state index contributed by atoms with van der Waals surface area (Å²) < 4.78 is 25.7. The molecule has 1 unspecified atom stereocenters. The first-order chi connectivity index (χ1) is 6.81. The number of piperidine rings is 1. The van der Waals surface area contributed by atoms with Gasteiger partial charge in [0.1, 0.15) is 0 Å². The standard InChI is InChI=1S/C11H21NO2S/c1-11(2,3)7-8-15(13,14)12-9-5-4-6-10(9)12/h9-10H,4-8H2,1-3H3/t9-,10+,12?. The second-order valence-corrected chi connectivity index (χ2v) is 8.02. The first kappa shape index (κ1) is 11.4. The normalized spacial score (nSPS) is 35.3. The molecule has 2 fully saturated rings. The van der Waals surface area contributed by atoms with Gasteiger partial charge in [-0.2, -0.15) is 4.31 Å². The molecule has 15 heavy (non-hydrogen) atoms. The van der Waals surface area contributed by atoms with Crippen LogP contribution in [0, 0.1) is 5.41 Å². The van der Waals surface area contributed by atoms with Gasteiger partial charge in [0.05, 0.1) is 5.75 Å². The second-order valence-electron chi connectivity index (χ2n) is 6.02. The Bertz CT molecular complexity index is 332. The van der Waals surface area contributed by atoms with E-state index in [9.17, 15) is 8.42 Å². The predicted molar refractivity (Wildman–Crippen MR) is 61.1 cm³/mol. The van der Waals surface area contributed by atoms with E-state index in [0.29, 0.717) is 17.8 Å². The molecule has 3 nitrogen and oxygen atoms in total. The fourth-order valence-corrected chi connectivity index (χ4v) is 4.78. The molecule has 0 bridgehead atoms. The smallest absolute Gasteiger partial charge is 0.212 e. The Balaban J connectivity index is 1.92. The van der Waals surface area contributed by atoms with Crippen LogP contribution >= 0.6 is 0 Å². The number of sulfonamides is 1. The van der Waals surface area contributed by atoms with E-state index in [4.69, 9.17) is 0 Å². The number of nitrogens with zero attached hydrogens (tertiary/aromatic N) is 1. The summed E-state index contributed by atoms with van der Waals surface area (Å²) in [6, 6.07) is 0.741. The van der Waals surface area contributed by atoms with Gasteiger partial charge >= 0.3 is 0 Å². The summed E-state index contributed by atoms with van der Waals surface area (Å²) in [5.41, 5.74) is 0.109. The lowest BCUT2D eigenvalue weighted by molar-refractivity contribution is 0.393. The molecule has 1 aliphatic heterocycles. The van der Waals surface area contributed by atoms with E-state index in [-0.39, 0.29) is 5.41 Å². The highest BCUT2D eigenvalue weighted by atomic mass is 32.2. The molecule has 0 spiro atoms. The van der Waals surface area contributed by atoms with Crippen molar-refractivity contribution in [2.75, 3.05) is 5.75 Å². The summed E-state index contributed by atoms with van der Waals surface area (Å²) in [7, 11) is -2.95. The van der Waals surface area contributed by atoms with Crippen LogP contribution in [-0.2, 0) is 10.0 Å². The molecule has 88 valence electrons. The largest absolute Gasteiger partial charge is 0.214 e. The molecular weight excluding hydrogens is 210 g/mol. The number of hydrogen-bond acceptors (Lipinski definition) is 2. The van der Waals surface area contributed by atoms with Gasteiger partial charge in [0.15, 0.2) is 0 Å². The van der Waals surface area contributed by atoms with E-state index in [2.05, 4.69) is 20.8 Å². The molecule has 0 N–H and O–H groups in total. The predicted octanol–water partition coefficient (Wildman–Crippen LogP) is 1.99. The van der Waals surface area contributed by atoms with Crippen LogP contribution in [0.4, 0.5) is 0 Å². The summed E-state index contributed by atoms with van der Waals surface area (Å²) in [4.78, 5) is 0. The summed E-state index contributed by atoms with van der Waals surface area (Å²) >= 11 is 0. The van der Waals surface area contributed by atoms with Crippen LogP contribution in [0.2, 0.25) is 0 Å². The zero-order chi connectivity index (χ0) is 11.3. The zero-order valence-electron chi connectivity index (χ0n) is 9.86. The van der Waals surface area contributed by atoms with Gasteiger partial charge in [0.25, 0.3) is 0 Å². The topological polar surface area (TPSA) is 37.1 Å². The SMILES string of the molecule is CC(C)(C)CCS(=O)(=O)N1[C@@H]2CCC[C@@H]21. The van der Waals surface area contributed by atoms with Crippen molar-refractivity contribution in [1.29, 1.82) is 0 Å². The minimum Gasteiger partial charge on any atom is -0.212 e. The second kappa shape index (κ2) is 3.45. The van der Waals surface area contributed by atoms with Gasteiger partial charge in [-0.05, 0) is 24.7 Å². The highest BCUT2D eigenvalue weighted by Crippen LogP contribution is 2.45. The third-order valence-electron chi connectivity index (χ3n) is 3.44. The Kier molecular flexibility index (Phi) is 2.62. The van der Waals surface area contributed by atoms with Gasteiger partial charge in [0, 0.05) is 12.1 Å². The molecule has 1 aliphatic carbocycles. The van der Waals surface area contributed by atoms with E-state index in [1.54, 1.807) is 4.31 Å². The molecule has 0 aromatic rings. The molecule has 2 rings (SSSR count). The van der Waals surface area contributed by atoms with Crippen molar-refractivity contribution < 1.29 is 8.42 Å². The van der Waals surface area contributed by atoms with Crippen molar-refractivity contribution in [1.82, 2.24) is 4.31 Å². The van der Waals surface area contributed by atoms with Crippen LogP contribution in [0.1, 0.15) is 46.5 Å². The summed E-state index contributed by atoms with van der Waals surface area (Å²) in [5, 5.41) is 0. The molecule has 2 aliphatic rings. The van der Waals surface area contributed by atoms with E-state index < -0.39 is 10.0 Å². The highest BCUT2D eigenvalue weighted by Gasteiger charge is 2.56.